The van der Waals surface area contributed by atoms with E-state index in [-0.39, 0.29) is 0 Å². The fourth-order valence-electron chi connectivity index (χ4n) is 2.04. The van der Waals surface area contributed by atoms with Gasteiger partial charge in [0.05, 0.1) is 12.3 Å². The normalized spacial score (nSPS) is 14.1. The summed E-state index contributed by atoms with van der Waals surface area (Å²) in [4.78, 5) is 16.2. The summed E-state index contributed by atoms with van der Waals surface area (Å²) in [6.07, 6.45) is 2.09. The van der Waals surface area contributed by atoms with E-state index in [1.54, 1.807) is 20.0 Å². The Balaban J connectivity index is 2.33. The van der Waals surface area contributed by atoms with Gasteiger partial charge in [-0.25, -0.2) is 0 Å². The Hall–Kier alpha value is -1.94. The van der Waals surface area contributed by atoms with E-state index in [2.05, 4.69) is 4.98 Å². The summed E-state index contributed by atoms with van der Waals surface area (Å²) in [5.74, 6) is -0.398. The first-order valence-electron chi connectivity index (χ1n) is 6.33. The number of hydrogen-bond acceptors (Lipinski definition) is 4. The van der Waals surface area contributed by atoms with Crippen LogP contribution in [0.1, 0.15) is 19.5 Å². The number of nitrogens with zero attached hydrogens (tertiary/aromatic N) is 1. The smallest absolute Gasteiger partial charge is 0.326 e. The highest BCUT2D eigenvalue weighted by molar-refractivity contribution is 5.86. The van der Waals surface area contributed by atoms with Crippen LogP contribution in [0.2, 0.25) is 0 Å². The van der Waals surface area contributed by atoms with Crippen LogP contribution in [0.15, 0.2) is 36.5 Å². The van der Waals surface area contributed by atoms with E-state index in [4.69, 9.17) is 10.5 Å². The molecule has 1 aromatic carbocycles. The number of carbonyl (C=O) groups is 1. The van der Waals surface area contributed by atoms with Crippen molar-refractivity contribution in [2.24, 2.45) is 5.73 Å². The van der Waals surface area contributed by atoms with E-state index in [9.17, 15) is 4.79 Å². The first-order chi connectivity index (χ1) is 9.04. The van der Waals surface area contributed by atoms with E-state index in [0.29, 0.717) is 13.0 Å². The fourth-order valence-corrected chi connectivity index (χ4v) is 2.04. The van der Waals surface area contributed by atoms with Crippen molar-refractivity contribution in [3.63, 3.8) is 0 Å². The second-order valence-corrected chi connectivity index (χ2v) is 4.79. The summed E-state index contributed by atoms with van der Waals surface area (Å²) in [6.45, 7) is 3.77. The predicted octanol–water partition coefficient (Wildman–Crippen LogP) is 2.06. The molecule has 1 unspecified atom stereocenters. The lowest BCUT2D eigenvalue weighted by Crippen LogP contribution is -2.48. The Bertz CT molecular complexity index is 588. The second kappa shape index (κ2) is 5.36. The van der Waals surface area contributed by atoms with Crippen molar-refractivity contribution < 1.29 is 9.53 Å². The standard InChI is InChI=1S/C15H18N2O2/c1-3-19-14(18)15(2,16)10-13-12-7-5-4-6-11(12)8-9-17-13/h4-9H,3,10,16H2,1-2H3. The molecule has 0 fully saturated rings. The van der Waals surface area contributed by atoms with Gasteiger partial charge in [0.2, 0.25) is 0 Å². The van der Waals surface area contributed by atoms with Gasteiger partial charge in [0.1, 0.15) is 5.54 Å². The average Bonchev–Trinajstić information content (AvgIpc) is 2.39. The largest absolute Gasteiger partial charge is 0.465 e. The van der Waals surface area contributed by atoms with E-state index in [0.717, 1.165) is 16.5 Å². The summed E-state index contributed by atoms with van der Waals surface area (Å²) >= 11 is 0. The molecule has 2 N–H and O–H groups in total. The summed E-state index contributed by atoms with van der Waals surface area (Å²) < 4.78 is 5.00. The number of rotatable bonds is 4. The third-order valence-corrected chi connectivity index (χ3v) is 3.03. The quantitative estimate of drug-likeness (QED) is 0.852. The lowest BCUT2D eigenvalue weighted by molar-refractivity contribution is -0.148. The van der Waals surface area contributed by atoms with Gasteiger partial charge in [-0.2, -0.15) is 0 Å². The molecule has 0 spiro atoms. The molecule has 0 amide bonds. The molecule has 0 bridgehead atoms. The highest BCUT2D eigenvalue weighted by Gasteiger charge is 2.31. The Kier molecular flexibility index (Phi) is 3.81. The van der Waals surface area contributed by atoms with Crippen molar-refractivity contribution in [1.82, 2.24) is 4.98 Å². The summed E-state index contributed by atoms with van der Waals surface area (Å²) in [6, 6.07) is 9.86. The van der Waals surface area contributed by atoms with E-state index in [1.165, 1.54) is 0 Å². The molecule has 1 aromatic heterocycles. The Morgan fingerprint density at radius 1 is 1.37 bits per heavy atom. The van der Waals surface area contributed by atoms with E-state index >= 15 is 0 Å². The van der Waals surface area contributed by atoms with Crippen LogP contribution < -0.4 is 5.73 Å². The number of benzene rings is 1. The molecule has 1 heterocycles. The molecule has 4 heteroatoms. The third-order valence-electron chi connectivity index (χ3n) is 3.03. The van der Waals surface area contributed by atoms with Crippen LogP contribution in [-0.4, -0.2) is 23.1 Å². The minimum absolute atomic E-state index is 0.328. The Morgan fingerprint density at radius 3 is 2.84 bits per heavy atom. The molecule has 0 aliphatic heterocycles. The van der Waals surface area contributed by atoms with Gasteiger partial charge in [0, 0.05) is 18.0 Å². The average molecular weight is 258 g/mol. The van der Waals surface area contributed by atoms with Crippen LogP contribution >= 0.6 is 0 Å². The van der Waals surface area contributed by atoms with Crippen LogP contribution in [0.5, 0.6) is 0 Å². The van der Waals surface area contributed by atoms with Crippen molar-refractivity contribution >= 4 is 16.7 Å². The number of nitrogens with two attached hydrogens (primary N) is 1. The van der Waals surface area contributed by atoms with Gasteiger partial charge >= 0.3 is 5.97 Å². The van der Waals surface area contributed by atoms with Crippen molar-refractivity contribution in [2.45, 2.75) is 25.8 Å². The van der Waals surface area contributed by atoms with Crippen molar-refractivity contribution in [3.8, 4) is 0 Å². The first kappa shape index (κ1) is 13.5. The highest BCUT2D eigenvalue weighted by Crippen LogP contribution is 2.20. The van der Waals surface area contributed by atoms with Gasteiger partial charge in [-0.15, -0.1) is 0 Å². The topological polar surface area (TPSA) is 65.2 Å². The zero-order valence-electron chi connectivity index (χ0n) is 11.2. The third kappa shape index (κ3) is 2.90. The van der Waals surface area contributed by atoms with Gasteiger partial charge in [-0.05, 0) is 25.3 Å². The summed E-state index contributed by atoms with van der Waals surface area (Å²) in [5, 5.41) is 2.11. The molecule has 2 aromatic rings. The van der Waals surface area contributed by atoms with Crippen LogP contribution in [0.3, 0.4) is 0 Å². The van der Waals surface area contributed by atoms with Crippen LogP contribution in [0, 0.1) is 0 Å². The molecular weight excluding hydrogens is 240 g/mol. The van der Waals surface area contributed by atoms with Gasteiger partial charge < -0.3 is 10.5 Å². The SMILES string of the molecule is CCOC(=O)C(C)(N)Cc1nccc2ccccc12. The van der Waals surface area contributed by atoms with Gasteiger partial charge in [0.15, 0.2) is 0 Å². The first-order valence-corrected chi connectivity index (χ1v) is 6.33. The zero-order valence-corrected chi connectivity index (χ0v) is 11.2. The van der Waals surface area contributed by atoms with Gasteiger partial charge in [-0.1, -0.05) is 24.3 Å². The molecule has 0 aliphatic rings. The molecule has 1 atom stereocenters. The maximum Gasteiger partial charge on any atom is 0.326 e. The molecule has 4 nitrogen and oxygen atoms in total. The molecule has 0 saturated heterocycles. The Morgan fingerprint density at radius 2 is 2.11 bits per heavy atom. The molecule has 0 radical (unpaired) electrons. The summed E-state index contributed by atoms with van der Waals surface area (Å²) in [5.41, 5.74) is 5.81. The lowest BCUT2D eigenvalue weighted by atomic mass is 9.94. The zero-order chi connectivity index (χ0) is 13.9. The Labute approximate surface area is 112 Å². The van der Waals surface area contributed by atoms with Gasteiger partial charge in [0.25, 0.3) is 0 Å². The number of aromatic nitrogens is 1. The van der Waals surface area contributed by atoms with Gasteiger partial charge in [-0.3, -0.25) is 9.78 Å². The van der Waals surface area contributed by atoms with E-state index < -0.39 is 11.5 Å². The molecule has 0 saturated carbocycles. The number of fused-ring (bicyclic) bond motifs is 1. The number of pyridine rings is 1. The minimum Gasteiger partial charge on any atom is -0.465 e. The molecular formula is C15H18N2O2. The predicted molar refractivity (Wildman–Crippen MR) is 74.7 cm³/mol. The van der Waals surface area contributed by atoms with Crippen molar-refractivity contribution in [3.05, 3.63) is 42.2 Å². The number of hydrogen-bond donors (Lipinski definition) is 1. The monoisotopic (exact) mass is 258 g/mol. The molecule has 19 heavy (non-hydrogen) atoms. The van der Waals surface area contributed by atoms with Crippen LogP contribution in [-0.2, 0) is 16.0 Å². The fraction of sp³-hybridized carbons (Fsp3) is 0.333. The maximum atomic E-state index is 11.8. The van der Waals surface area contributed by atoms with Crippen molar-refractivity contribution in [1.29, 1.82) is 0 Å². The molecule has 100 valence electrons. The lowest BCUT2D eigenvalue weighted by Gasteiger charge is -2.22. The molecule has 2 rings (SSSR count). The van der Waals surface area contributed by atoms with Crippen LogP contribution in [0.4, 0.5) is 0 Å². The number of esters is 1. The summed E-state index contributed by atoms with van der Waals surface area (Å²) in [7, 11) is 0. The second-order valence-electron chi connectivity index (χ2n) is 4.79. The number of carbonyl (C=O) groups excluding carboxylic acids is 1. The maximum absolute atomic E-state index is 11.8. The van der Waals surface area contributed by atoms with E-state index in [1.807, 2.05) is 30.3 Å². The van der Waals surface area contributed by atoms with Crippen LogP contribution in [0.25, 0.3) is 10.8 Å². The van der Waals surface area contributed by atoms with Crippen molar-refractivity contribution in [2.75, 3.05) is 6.61 Å². The molecule has 0 aliphatic carbocycles. The minimum atomic E-state index is -1.06. The highest BCUT2D eigenvalue weighted by atomic mass is 16.5. The number of ether oxygens (including phenoxy) is 1.